The summed E-state index contributed by atoms with van der Waals surface area (Å²) in [5.41, 5.74) is 0. The predicted molar refractivity (Wildman–Crippen MR) is 55.2 cm³/mol. The van der Waals surface area contributed by atoms with E-state index in [1.807, 2.05) is 13.8 Å². The molecule has 0 amide bonds. The molecule has 4 nitrogen and oxygen atoms in total. The summed E-state index contributed by atoms with van der Waals surface area (Å²) in [4.78, 5) is 14.9. The van der Waals surface area contributed by atoms with Crippen molar-refractivity contribution in [3.8, 4) is 0 Å². The lowest BCUT2D eigenvalue weighted by atomic mass is 10.2. The van der Waals surface area contributed by atoms with Gasteiger partial charge in [-0.2, -0.15) is 4.98 Å². The molecule has 78 valence electrons. The van der Waals surface area contributed by atoms with Gasteiger partial charge in [0.15, 0.2) is 5.82 Å². The number of nitrogens with zero attached hydrogens (tertiary/aromatic N) is 2. The van der Waals surface area contributed by atoms with E-state index in [9.17, 15) is 4.79 Å². The highest BCUT2D eigenvalue weighted by molar-refractivity contribution is 7.99. The van der Waals surface area contributed by atoms with Crippen LogP contribution in [-0.4, -0.2) is 21.7 Å². The Bertz CT molecular complexity index is 310. The van der Waals surface area contributed by atoms with Gasteiger partial charge in [-0.15, -0.1) is 11.8 Å². The molecule has 1 aromatic rings. The van der Waals surface area contributed by atoms with E-state index in [2.05, 4.69) is 10.1 Å². The van der Waals surface area contributed by atoms with Gasteiger partial charge in [0.25, 0.3) is 0 Å². The molecule has 0 saturated carbocycles. The molecule has 1 aromatic heterocycles. The number of carbonyl (C=O) groups is 1. The molecule has 0 N–H and O–H groups in total. The highest BCUT2D eigenvalue weighted by Gasteiger charge is 2.09. The van der Waals surface area contributed by atoms with Gasteiger partial charge in [-0.05, 0) is 6.92 Å². The topological polar surface area (TPSA) is 56.0 Å². The first kappa shape index (κ1) is 11.2. The Morgan fingerprint density at radius 3 is 2.79 bits per heavy atom. The molecule has 0 aliphatic heterocycles. The molecule has 0 atom stereocenters. The van der Waals surface area contributed by atoms with Crippen LogP contribution >= 0.6 is 11.8 Å². The molecule has 1 rings (SSSR count). The van der Waals surface area contributed by atoms with Crippen molar-refractivity contribution >= 4 is 17.5 Å². The number of ketones is 1. The number of Topliss-reactive ketones (excluding diaryl/α,β-unsaturated/α-hetero) is 1. The van der Waals surface area contributed by atoms with Crippen LogP contribution in [0.4, 0.5) is 0 Å². The van der Waals surface area contributed by atoms with Crippen LogP contribution in [0.15, 0.2) is 4.52 Å². The quantitative estimate of drug-likeness (QED) is 0.750. The van der Waals surface area contributed by atoms with E-state index in [-0.39, 0.29) is 11.7 Å². The molecule has 1 heterocycles. The average Bonchev–Trinajstić information content (AvgIpc) is 2.52. The molecule has 0 aliphatic rings. The second kappa shape index (κ2) is 5.14. The molecule has 14 heavy (non-hydrogen) atoms. The van der Waals surface area contributed by atoms with Gasteiger partial charge < -0.3 is 4.52 Å². The van der Waals surface area contributed by atoms with E-state index in [0.717, 1.165) is 0 Å². The van der Waals surface area contributed by atoms with Gasteiger partial charge in [0, 0.05) is 5.92 Å². The summed E-state index contributed by atoms with van der Waals surface area (Å²) in [6.07, 6.45) is 0. The van der Waals surface area contributed by atoms with E-state index < -0.39 is 0 Å². The summed E-state index contributed by atoms with van der Waals surface area (Å²) in [5.74, 6) is 2.89. The fraction of sp³-hybridized carbons (Fsp3) is 0.667. The number of carbonyl (C=O) groups excluding carboxylic acids is 1. The van der Waals surface area contributed by atoms with Crippen molar-refractivity contribution in [2.75, 3.05) is 5.75 Å². The highest BCUT2D eigenvalue weighted by atomic mass is 32.2. The first-order chi connectivity index (χ1) is 6.59. The van der Waals surface area contributed by atoms with Crippen molar-refractivity contribution in [1.82, 2.24) is 10.1 Å². The number of hydrogen-bond acceptors (Lipinski definition) is 5. The third-order valence-electron chi connectivity index (χ3n) is 1.51. The SMILES string of the molecule is CC(=O)CSCc1noc(C(C)C)n1. The number of hydrogen-bond donors (Lipinski definition) is 0. The zero-order valence-electron chi connectivity index (χ0n) is 8.61. The van der Waals surface area contributed by atoms with Crippen molar-refractivity contribution in [2.45, 2.75) is 32.4 Å². The lowest BCUT2D eigenvalue weighted by Gasteiger charge is -1.93. The van der Waals surface area contributed by atoms with Gasteiger partial charge in [-0.1, -0.05) is 19.0 Å². The zero-order chi connectivity index (χ0) is 10.6. The minimum absolute atomic E-state index is 0.169. The summed E-state index contributed by atoms with van der Waals surface area (Å²) >= 11 is 1.50. The summed E-state index contributed by atoms with van der Waals surface area (Å²) in [5, 5.41) is 3.82. The first-order valence-electron chi connectivity index (χ1n) is 4.49. The van der Waals surface area contributed by atoms with Gasteiger partial charge in [0.2, 0.25) is 5.89 Å². The molecule has 0 unspecified atom stereocenters. The maximum Gasteiger partial charge on any atom is 0.229 e. The maximum atomic E-state index is 10.7. The van der Waals surface area contributed by atoms with E-state index in [0.29, 0.717) is 23.2 Å². The van der Waals surface area contributed by atoms with E-state index in [1.165, 1.54) is 11.8 Å². The Balaban J connectivity index is 2.40. The molecule has 0 spiro atoms. The fourth-order valence-electron chi connectivity index (χ4n) is 0.847. The largest absolute Gasteiger partial charge is 0.339 e. The molecule has 0 fully saturated rings. The van der Waals surface area contributed by atoms with E-state index in [1.54, 1.807) is 6.92 Å². The van der Waals surface area contributed by atoms with Crippen LogP contribution in [0.25, 0.3) is 0 Å². The standard InChI is InChI=1S/C9H14N2O2S/c1-6(2)9-10-8(11-13-9)5-14-4-7(3)12/h6H,4-5H2,1-3H3. The van der Waals surface area contributed by atoms with Crippen molar-refractivity contribution in [3.63, 3.8) is 0 Å². The molecular formula is C9H14N2O2S. The Hall–Kier alpha value is -0.840. The predicted octanol–water partition coefficient (Wildman–Crippen LogP) is 2.02. The van der Waals surface area contributed by atoms with Gasteiger partial charge in [-0.25, -0.2) is 0 Å². The Morgan fingerprint density at radius 2 is 2.29 bits per heavy atom. The Kier molecular flexibility index (Phi) is 4.13. The maximum absolute atomic E-state index is 10.7. The number of rotatable bonds is 5. The molecule has 0 aliphatic carbocycles. The monoisotopic (exact) mass is 214 g/mol. The second-order valence-corrected chi connectivity index (χ2v) is 4.38. The van der Waals surface area contributed by atoms with Gasteiger partial charge >= 0.3 is 0 Å². The summed E-state index contributed by atoms with van der Waals surface area (Å²) < 4.78 is 5.02. The van der Waals surface area contributed by atoms with Gasteiger partial charge in [-0.3, -0.25) is 4.79 Å². The number of thioether (sulfide) groups is 1. The van der Waals surface area contributed by atoms with Crippen LogP contribution in [0.3, 0.4) is 0 Å². The lowest BCUT2D eigenvalue weighted by molar-refractivity contribution is -0.114. The number of aromatic nitrogens is 2. The smallest absolute Gasteiger partial charge is 0.229 e. The van der Waals surface area contributed by atoms with Crippen LogP contribution in [-0.2, 0) is 10.5 Å². The summed E-state index contributed by atoms with van der Waals surface area (Å²) in [6.45, 7) is 5.57. The lowest BCUT2D eigenvalue weighted by Crippen LogP contribution is -1.95. The molecular weight excluding hydrogens is 200 g/mol. The molecule has 0 radical (unpaired) electrons. The van der Waals surface area contributed by atoms with E-state index >= 15 is 0 Å². The van der Waals surface area contributed by atoms with Crippen LogP contribution in [0.1, 0.15) is 38.4 Å². The van der Waals surface area contributed by atoms with Crippen molar-refractivity contribution in [1.29, 1.82) is 0 Å². The van der Waals surface area contributed by atoms with Gasteiger partial charge in [0.05, 0.1) is 11.5 Å². The van der Waals surface area contributed by atoms with Gasteiger partial charge in [0.1, 0.15) is 5.78 Å². The summed E-state index contributed by atoms with van der Waals surface area (Å²) in [6, 6.07) is 0. The zero-order valence-corrected chi connectivity index (χ0v) is 9.43. The average molecular weight is 214 g/mol. The van der Waals surface area contributed by atoms with E-state index in [4.69, 9.17) is 4.52 Å². The minimum Gasteiger partial charge on any atom is -0.339 e. The van der Waals surface area contributed by atoms with Crippen LogP contribution in [0, 0.1) is 0 Å². The summed E-state index contributed by atoms with van der Waals surface area (Å²) in [7, 11) is 0. The minimum atomic E-state index is 0.169. The van der Waals surface area contributed by atoms with Crippen LogP contribution in [0.2, 0.25) is 0 Å². The molecule has 0 bridgehead atoms. The molecule has 0 saturated heterocycles. The highest BCUT2D eigenvalue weighted by Crippen LogP contribution is 2.14. The van der Waals surface area contributed by atoms with Crippen molar-refractivity contribution in [2.24, 2.45) is 0 Å². The van der Waals surface area contributed by atoms with Crippen LogP contribution < -0.4 is 0 Å². The third kappa shape index (κ3) is 3.49. The fourth-order valence-corrected chi connectivity index (χ4v) is 1.54. The Labute approximate surface area is 87.5 Å². The van der Waals surface area contributed by atoms with Crippen LogP contribution in [0.5, 0.6) is 0 Å². The van der Waals surface area contributed by atoms with Crippen molar-refractivity contribution in [3.05, 3.63) is 11.7 Å². The molecule has 5 heteroatoms. The van der Waals surface area contributed by atoms with Crippen molar-refractivity contribution < 1.29 is 9.32 Å². The molecule has 0 aromatic carbocycles. The second-order valence-electron chi connectivity index (χ2n) is 3.40. The third-order valence-corrected chi connectivity index (χ3v) is 2.59. The normalized spacial score (nSPS) is 10.9. The Morgan fingerprint density at radius 1 is 1.57 bits per heavy atom. The first-order valence-corrected chi connectivity index (χ1v) is 5.64.